The van der Waals surface area contributed by atoms with Crippen LogP contribution in [0, 0.1) is 0 Å². The zero-order chi connectivity index (χ0) is 12.3. The molecule has 90 valence electrons. The van der Waals surface area contributed by atoms with E-state index in [1.165, 1.54) is 7.11 Å². The summed E-state index contributed by atoms with van der Waals surface area (Å²) in [6.07, 6.45) is 0. The third-order valence-electron chi connectivity index (χ3n) is 2.37. The lowest BCUT2D eigenvalue weighted by Crippen LogP contribution is -2.52. The summed E-state index contributed by atoms with van der Waals surface area (Å²) in [5.74, 6) is -0.162. The molecule has 0 spiro atoms. The molecule has 0 atom stereocenters. The van der Waals surface area contributed by atoms with Gasteiger partial charge in [-0.1, -0.05) is 0 Å². The third-order valence-corrected chi connectivity index (χ3v) is 2.37. The van der Waals surface area contributed by atoms with Gasteiger partial charge in [0.2, 0.25) is 0 Å². The van der Waals surface area contributed by atoms with E-state index in [0.717, 1.165) is 0 Å². The maximum absolute atomic E-state index is 11.2. The Labute approximate surface area is 90.6 Å². The molecule has 0 radical (unpaired) electrons. The summed E-state index contributed by atoms with van der Waals surface area (Å²) in [7, 11) is 1.22. The summed E-state index contributed by atoms with van der Waals surface area (Å²) in [6.45, 7) is -1.79. The molecule has 0 saturated heterocycles. The Morgan fingerprint density at radius 2 is 1.62 bits per heavy atom. The number of aliphatic hydroxyl groups excluding tert-OH is 3. The summed E-state index contributed by atoms with van der Waals surface area (Å²) in [6, 6.07) is 0. The van der Waals surface area contributed by atoms with Crippen LogP contribution in [0.25, 0.3) is 0 Å². The van der Waals surface area contributed by atoms with E-state index in [9.17, 15) is 9.59 Å². The topological polar surface area (TPSA) is 116 Å². The van der Waals surface area contributed by atoms with Gasteiger partial charge in [-0.2, -0.15) is 0 Å². The summed E-state index contributed by atoms with van der Waals surface area (Å²) in [5.41, 5.74) is -3.15. The minimum absolute atomic E-state index is 0.135. The Balaban J connectivity index is 3.00. The van der Waals surface area contributed by atoms with Gasteiger partial charge in [-0.3, -0.25) is 9.59 Å². The quantitative estimate of drug-likeness (QED) is 0.397. The van der Waals surface area contributed by atoms with E-state index >= 15 is 0 Å². The Hall–Kier alpha value is -1.44. The fourth-order valence-electron chi connectivity index (χ4n) is 1.21. The predicted molar refractivity (Wildman–Crippen MR) is 55.5 cm³/mol. The van der Waals surface area contributed by atoms with Crippen molar-refractivity contribution < 1.29 is 20.1 Å². The molecule has 0 heterocycles. The van der Waals surface area contributed by atoms with Crippen LogP contribution in [0.3, 0.4) is 0 Å². The van der Waals surface area contributed by atoms with Crippen molar-refractivity contribution in [3.05, 3.63) is 20.4 Å². The number of anilines is 1. The number of ether oxygens (including phenoxy) is 1. The number of hydrogen-bond acceptors (Lipinski definition) is 7. The average molecular weight is 231 g/mol. The van der Waals surface area contributed by atoms with E-state index < -0.39 is 36.2 Å². The minimum Gasteiger partial charge on any atom is -0.491 e. The van der Waals surface area contributed by atoms with E-state index in [0.29, 0.717) is 0 Å². The molecule has 1 rings (SSSR count). The summed E-state index contributed by atoms with van der Waals surface area (Å²) in [4.78, 5) is 22.2. The number of nitrogens with one attached hydrogen (secondary N) is 1. The van der Waals surface area contributed by atoms with E-state index in [4.69, 9.17) is 15.3 Å². The number of methoxy groups -OCH3 is 1. The molecule has 0 bridgehead atoms. The van der Waals surface area contributed by atoms with Crippen LogP contribution in [0.4, 0.5) is 5.69 Å². The van der Waals surface area contributed by atoms with Crippen molar-refractivity contribution in [3.8, 4) is 5.75 Å². The van der Waals surface area contributed by atoms with Crippen LogP contribution < -0.4 is 20.9 Å². The van der Waals surface area contributed by atoms with Crippen molar-refractivity contribution >= 4 is 5.69 Å². The van der Waals surface area contributed by atoms with Gasteiger partial charge >= 0.3 is 0 Å². The summed E-state index contributed by atoms with van der Waals surface area (Å²) in [5, 5.41) is 29.5. The van der Waals surface area contributed by atoms with Gasteiger partial charge in [0.25, 0.3) is 10.9 Å². The highest BCUT2D eigenvalue weighted by atomic mass is 16.5. The van der Waals surface area contributed by atoms with Crippen molar-refractivity contribution in [2.45, 2.75) is 5.54 Å². The van der Waals surface area contributed by atoms with Crippen LogP contribution in [-0.2, 0) is 0 Å². The Morgan fingerprint density at radius 3 is 2.00 bits per heavy atom. The molecule has 0 aliphatic rings. The second-order valence-corrected chi connectivity index (χ2v) is 3.45. The highest BCUT2D eigenvalue weighted by Gasteiger charge is 2.33. The largest absolute Gasteiger partial charge is 0.491 e. The molecule has 0 amide bonds. The Bertz CT molecular complexity index is 421. The molecule has 1 aromatic carbocycles. The lowest BCUT2D eigenvalue weighted by atomic mass is 10.0. The maximum atomic E-state index is 11.2. The van der Waals surface area contributed by atoms with Crippen molar-refractivity contribution in [2.24, 2.45) is 0 Å². The first-order chi connectivity index (χ1) is 7.55. The van der Waals surface area contributed by atoms with Crippen LogP contribution in [0.15, 0.2) is 9.59 Å². The molecular weight excluding hydrogens is 218 g/mol. The molecule has 1 aromatic rings. The van der Waals surface area contributed by atoms with Crippen molar-refractivity contribution in [1.82, 2.24) is 0 Å². The van der Waals surface area contributed by atoms with Gasteiger partial charge in [0, 0.05) is 0 Å². The van der Waals surface area contributed by atoms with Gasteiger partial charge in [-0.15, -0.1) is 0 Å². The molecule has 0 aliphatic heterocycles. The molecule has 7 heteroatoms. The van der Waals surface area contributed by atoms with E-state index in [2.05, 4.69) is 10.1 Å². The lowest BCUT2D eigenvalue weighted by molar-refractivity contribution is 0.0830. The SMILES string of the molecule is COc1c(NC(CO)(CO)CO)c(=O)c1=O. The van der Waals surface area contributed by atoms with E-state index in [1.54, 1.807) is 0 Å². The van der Waals surface area contributed by atoms with Crippen molar-refractivity contribution in [1.29, 1.82) is 0 Å². The standard InChI is InChI=1S/C9H13NO6/c1-16-8-5(6(14)7(8)15)10-9(2-11,3-12)4-13/h10-13H,2-4H2,1H3. The molecule has 0 fully saturated rings. The van der Waals surface area contributed by atoms with Gasteiger partial charge in [-0.25, -0.2) is 0 Å². The van der Waals surface area contributed by atoms with Gasteiger partial charge in [0.05, 0.1) is 26.9 Å². The Kier molecular flexibility index (Phi) is 3.63. The molecule has 7 nitrogen and oxygen atoms in total. The zero-order valence-corrected chi connectivity index (χ0v) is 8.69. The number of rotatable bonds is 6. The molecular formula is C9H13NO6. The first kappa shape index (κ1) is 12.6. The zero-order valence-electron chi connectivity index (χ0n) is 8.69. The molecule has 0 unspecified atom stereocenters. The van der Waals surface area contributed by atoms with Crippen molar-refractivity contribution in [3.63, 3.8) is 0 Å². The van der Waals surface area contributed by atoms with Gasteiger partial charge < -0.3 is 25.4 Å². The van der Waals surface area contributed by atoms with Crippen LogP contribution in [-0.4, -0.2) is 47.8 Å². The summed E-state index contributed by atoms with van der Waals surface area (Å²) >= 11 is 0. The molecule has 0 aliphatic carbocycles. The third kappa shape index (κ3) is 1.80. The molecule has 0 aromatic heterocycles. The van der Waals surface area contributed by atoms with Crippen LogP contribution in [0.2, 0.25) is 0 Å². The van der Waals surface area contributed by atoms with Crippen LogP contribution >= 0.6 is 0 Å². The predicted octanol–water partition coefficient (Wildman–Crippen LogP) is -2.58. The second kappa shape index (κ2) is 4.60. The monoisotopic (exact) mass is 231 g/mol. The normalized spacial score (nSPS) is 11.8. The lowest BCUT2D eigenvalue weighted by Gasteiger charge is -2.30. The van der Waals surface area contributed by atoms with Crippen molar-refractivity contribution in [2.75, 3.05) is 32.2 Å². The van der Waals surface area contributed by atoms with E-state index in [-0.39, 0.29) is 11.4 Å². The minimum atomic E-state index is -1.45. The summed E-state index contributed by atoms with van der Waals surface area (Å²) < 4.78 is 4.66. The van der Waals surface area contributed by atoms with Crippen LogP contribution in [0.1, 0.15) is 0 Å². The highest BCUT2D eigenvalue weighted by molar-refractivity contribution is 5.63. The maximum Gasteiger partial charge on any atom is 0.271 e. The molecule has 16 heavy (non-hydrogen) atoms. The highest BCUT2D eigenvalue weighted by Crippen LogP contribution is 2.21. The first-order valence-corrected chi connectivity index (χ1v) is 4.53. The van der Waals surface area contributed by atoms with Gasteiger partial charge in [0.1, 0.15) is 11.2 Å². The molecule has 4 N–H and O–H groups in total. The smallest absolute Gasteiger partial charge is 0.271 e. The fraction of sp³-hybridized carbons (Fsp3) is 0.556. The fourth-order valence-corrected chi connectivity index (χ4v) is 1.21. The first-order valence-electron chi connectivity index (χ1n) is 4.53. The van der Waals surface area contributed by atoms with E-state index in [1.807, 2.05) is 0 Å². The van der Waals surface area contributed by atoms with Gasteiger partial charge in [-0.05, 0) is 0 Å². The Morgan fingerprint density at radius 1 is 1.12 bits per heavy atom. The molecule has 0 saturated carbocycles. The number of aliphatic hydroxyl groups is 3. The average Bonchev–Trinajstić information content (AvgIpc) is 2.34. The van der Waals surface area contributed by atoms with Gasteiger partial charge in [0.15, 0.2) is 5.75 Å². The van der Waals surface area contributed by atoms with Crippen LogP contribution in [0.5, 0.6) is 5.75 Å². The number of hydrogen-bond donors (Lipinski definition) is 4. The second-order valence-electron chi connectivity index (χ2n) is 3.45.